The summed E-state index contributed by atoms with van der Waals surface area (Å²) in [6, 6.07) is 7.16. The van der Waals surface area contributed by atoms with Crippen LogP contribution in [0.1, 0.15) is 45.1 Å². The summed E-state index contributed by atoms with van der Waals surface area (Å²) in [5.41, 5.74) is 2.75. The average molecular weight is 339 g/mol. The normalized spacial score (nSPS) is 16.1. The van der Waals surface area contributed by atoms with E-state index >= 15 is 0 Å². The molecule has 0 spiro atoms. The number of anilines is 1. The van der Waals surface area contributed by atoms with Crippen LogP contribution in [0, 0.1) is 5.92 Å². The molecular formula is C17H27BrN2. The van der Waals surface area contributed by atoms with Gasteiger partial charge in [0.1, 0.15) is 0 Å². The van der Waals surface area contributed by atoms with Gasteiger partial charge in [0.05, 0.1) is 0 Å². The van der Waals surface area contributed by atoms with Crippen LogP contribution in [0.3, 0.4) is 0 Å². The highest BCUT2D eigenvalue weighted by Crippen LogP contribution is 2.29. The van der Waals surface area contributed by atoms with Gasteiger partial charge in [0.25, 0.3) is 0 Å². The van der Waals surface area contributed by atoms with Crippen LogP contribution < -0.4 is 10.2 Å². The van der Waals surface area contributed by atoms with E-state index in [0.29, 0.717) is 6.04 Å². The van der Waals surface area contributed by atoms with E-state index in [1.807, 2.05) is 0 Å². The zero-order valence-electron chi connectivity index (χ0n) is 13.0. The second-order valence-corrected chi connectivity index (χ2v) is 7.26. The molecule has 0 aromatic heterocycles. The van der Waals surface area contributed by atoms with Gasteiger partial charge in [0.2, 0.25) is 0 Å². The van der Waals surface area contributed by atoms with Crippen LogP contribution in [0.15, 0.2) is 22.7 Å². The van der Waals surface area contributed by atoms with Gasteiger partial charge < -0.3 is 10.2 Å². The maximum Gasteiger partial charge on any atom is 0.0420 e. The fourth-order valence-corrected chi connectivity index (χ4v) is 3.38. The molecule has 1 aliphatic rings. The summed E-state index contributed by atoms with van der Waals surface area (Å²) in [5.74, 6) is 0.880. The summed E-state index contributed by atoms with van der Waals surface area (Å²) in [6.45, 7) is 6.52. The molecule has 1 aliphatic carbocycles. The van der Waals surface area contributed by atoms with Gasteiger partial charge in [-0.05, 0) is 36.5 Å². The number of nitrogens with zero attached hydrogens (tertiary/aromatic N) is 1. The van der Waals surface area contributed by atoms with Gasteiger partial charge >= 0.3 is 0 Å². The van der Waals surface area contributed by atoms with Crippen LogP contribution in [0.5, 0.6) is 0 Å². The molecule has 20 heavy (non-hydrogen) atoms. The van der Waals surface area contributed by atoms with Crippen LogP contribution in [0.2, 0.25) is 0 Å². The number of hydrogen-bond donors (Lipinski definition) is 1. The Morgan fingerprint density at radius 2 is 2.00 bits per heavy atom. The fourth-order valence-electron chi connectivity index (χ4n) is 3.03. The summed E-state index contributed by atoms with van der Waals surface area (Å²) in [7, 11) is 2.24. The summed E-state index contributed by atoms with van der Waals surface area (Å²) in [4.78, 5) is 2.44. The minimum atomic E-state index is 0.520. The number of nitrogens with one attached hydrogen (secondary N) is 1. The smallest absolute Gasteiger partial charge is 0.0420 e. The highest BCUT2D eigenvalue weighted by atomic mass is 79.9. The van der Waals surface area contributed by atoms with Crippen molar-refractivity contribution in [1.82, 2.24) is 5.32 Å². The first kappa shape index (κ1) is 15.8. The molecule has 0 radical (unpaired) electrons. The van der Waals surface area contributed by atoms with Crippen molar-refractivity contribution in [2.45, 2.75) is 52.1 Å². The Bertz CT molecular complexity index is 425. The second-order valence-electron chi connectivity index (χ2n) is 6.34. The standard InChI is InChI=1S/C17H27BrN2/c1-13(2)19-11-15-8-9-16(18)10-17(15)20(3)12-14-6-4-5-7-14/h8-10,13-14,19H,4-7,11-12H2,1-3H3. The molecule has 2 rings (SSSR count). The molecule has 1 saturated carbocycles. The van der Waals surface area contributed by atoms with E-state index in [1.165, 1.54) is 48.0 Å². The molecule has 0 unspecified atom stereocenters. The van der Waals surface area contributed by atoms with E-state index in [0.717, 1.165) is 12.5 Å². The average Bonchev–Trinajstić information content (AvgIpc) is 2.89. The van der Waals surface area contributed by atoms with Gasteiger partial charge in [-0.25, -0.2) is 0 Å². The lowest BCUT2D eigenvalue weighted by atomic mass is 10.1. The van der Waals surface area contributed by atoms with Gasteiger partial charge in [-0.1, -0.05) is 48.7 Å². The van der Waals surface area contributed by atoms with E-state index in [1.54, 1.807) is 0 Å². The Kier molecular flexibility index (Phi) is 5.91. The lowest BCUT2D eigenvalue weighted by molar-refractivity contribution is 0.544. The monoisotopic (exact) mass is 338 g/mol. The Balaban J connectivity index is 2.08. The van der Waals surface area contributed by atoms with Crippen LogP contribution in [0.4, 0.5) is 5.69 Å². The summed E-state index contributed by atoms with van der Waals surface area (Å²) < 4.78 is 1.17. The zero-order valence-corrected chi connectivity index (χ0v) is 14.5. The molecule has 0 heterocycles. The molecule has 0 atom stereocenters. The first-order chi connectivity index (χ1) is 9.56. The summed E-state index contributed by atoms with van der Waals surface area (Å²) >= 11 is 3.61. The van der Waals surface area contributed by atoms with Crippen molar-refractivity contribution in [2.24, 2.45) is 5.92 Å². The highest BCUT2D eigenvalue weighted by molar-refractivity contribution is 9.10. The van der Waals surface area contributed by atoms with E-state index in [-0.39, 0.29) is 0 Å². The quantitative estimate of drug-likeness (QED) is 0.816. The molecule has 3 heteroatoms. The molecule has 112 valence electrons. The van der Waals surface area contributed by atoms with Crippen LogP contribution in [-0.2, 0) is 6.54 Å². The molecular weight excluding hydrogens is 312 g/mol. The summed E-state index contributed by atoms with van der Waals surface area (Å²) in [6.07, 6.45) is 5.63. The minimum absolute atomic E-state index is 0.520. The van der Waals surface area contributed by atoms with Gasteiger partial charge in [-0.15, -0.1) is 0 Å². The number of rotatable bonds is 6. The van der Waals surface area contributed by atoms with Crippen molar-refractivity contribution in [3.05, 3.63) is 28.2 Å². The number of hydrogen-bond acceptors (Lipinski definition) is 2. The van der Waals surface area contributed by atoms with E-state index in [4.69, 9.17) is 0 Å². The lowest BCUT2D eigenvalue weighted by Crippen LogP contribution is -2.27. The first-order valence-corrected chi connectivity index (χ1v) is 8.58. The van der Waals surface area contributed by atoms with Crippen molar-refractivity contribution in [2.75, 3.05) is 18.5 Å². The fraction of sp³-hybridized carbons (Fsp3) is 0.647. The van der Waals surface area contributed by atoms with Gasteiger partial charge in [-0.3, -0.25) is 0 Å². The van der Waals surface area contributed by atoms with Gasteiger partial charge in [-0.2, -0.15) is 0 Å². The third kappa shape index (κ3) is 4.49. The molecule has 1 aromatic carbocycles. The van der Waals surface area contributed by atoms with Crippen molar-refractivity contribution in [1.29, 1.82) is 0 Å². The molecule has 1 aromatic rings. The highest BCUT2D eigenvalue weighted by Gasteiger charge is 2.18. The topological polar surface area (TPSA) is 15.3 Å². The molecule has 1 N–H and O–H groups in total. The van der Waals surface area contributed by atoms with E-state index in [2.05, 4.69) is 65.2 Å². The second kappa shape index (κ2) is 7.46. The third-order valence-corrected chi connectivity index (χ3v) is 4.66. The molecule has 0 aliphatic heterocycles. The van der Waals surface area contributed by atoms with Crippen molar-refractivity contribution >= 4 is 21.6 Å². The van der Waals surface area contributed by atoms with Crippen molar-refractivity contribution < 1.29 is 0 Å². The number of benzene rings is 1. The molecule has 1 fully saturated rings. The Morgan fingerprint density at radius 3 is 2.65 bits per heavy atom. The van der Waals surface area contributed by atoms with Crippen LogP contribution in [-0.4, -0.2) is 19.6 Å². The predicted octanol–water partition coefficient (Wildman–Crippen LogP) is 4.57. The van der Waals surface area contributed by atoms with Gasteiger partial charge in [0, 0.05) is 36.3 Å². The van der Waals surface area contributed by atoms with Crippen LogP contribution in [0.25, 0.3) is 0 Å². The Hall–Kier alpha value is -0.540. The van der Waals surface area contributed by atoms with Gasteiger partial charge in [0.15, 0.2) is 0 Å². The Morgan fingerprint density at radius 1 is 1.30 bits per heavy atom. The largest absolute Gasteiger partial charge is 0.374 e. The van der Waals surface area contributed by atoms with E-state index in [9.17, 15) is 0 Å². The minimum Gasteiger partial charge on any atom is -0.374 e. The van der Waals surface area contributed by atoms with Crippen LogP contribution >= 0.6 is 15.9 Å². The molecule has 0 amide bonds. The first-order valence-electron chi connectivity index (χ1n) is 7.79. The molecule has 0 bridgehead atoms. The maximum atomic E-state index is 3.61. The zero-order chi connectivity index (χ0) is 14.5. The maximum absolute atomic E-state index is 3.61. The predicted molar refractivity (Wildman–Crippen MR) is 91.3 cm³/mol. The lowest BCUT2D eigenvalue weighted by Gasteiger charge is -2.26. The Labute approximate surface area is 132 Å². The van der Waals surface area contributed by atoms with Crippen molar-refractivity contribution in [3.63, 3.8) is 0 Å². The summed E-state index contributed by atoms with van der Waals surface area (Å²) in [5, 5.41) is 3.53. The third-order valence-electron chi connectivity index (χ3n) is 4.17. The number of halogens is 1. The van der Waals surface area contributed by atoms with E-state index < -0.39 is 0 Å². The molecule has 2 nitrogen and oxygen atoms in total. The SMILES string of the molecule is CC(C)NCc1ccc(Br)cc1N(C)CC1CCCC1. The van der Waals surface area contributed by atoms with Crippen molar-refractivity contribution in [3.8, 4) is 0 Å². The molecule has 0 saturated heterocycles.